The summed E-state index contributed by atoms with van der Waals surface area (Å²) >= 11 is 7.55. The summed E-state index contributed by atoms with van der Waals surface area (Å²) in [5.41, 5.74) is 1.24. The minimum Gasteiger partial charge on any atom is -0.298 e. The molecule has 2 aromatic carbocycles. The van der Waals surface area contributed by atoms with E-state index in [4.69, 9.17) is 11.6 Å². The molecular weight excluding hydrogens is 450 g/mol. The van der Waals surface area contributed by atoms with Crippen LogP contribution in [-0.4, -0.2) is 30.5 Å². The zero-order valence-corrected chi connectivity index (χ0v) is 18.3. The molecule has 0 atom stereocenters. The fraction of sp³-hybridized carbons (Fsp3) is 0.158. The lowest BCUT2D eigenvalue weighted by Crippen LogP contribution is -2.13. The Morgan fingerprint density at radius 3 is 2.70 bits per heavy atom. The highest BCUT2D eigenvalue weighted by Crippen LogP contribution is 2.27. The summed E-state index contributed by atoms with van der Waals surface area (Å²) in [7, 11) is -3.74. The van der Waals surface area contributed by atoms with E-state index in [0.29, 0.717) is 11.4 Å². The largest absolute Gasteiger partial charge is 0.298 e. The third kappa shape index (κ3) is 5.02. The molecule has 1 amide bonds. The van der Waals surface area contributed by atoms with Gasteiger partial charge in [0.1, 0.15) is 0 Å². The zero-order valence-electron chi connectivity index (χ0n) is 15.9. The second-order valence-electron chi connectivity index (χ2n) is 6.56. The Bertz CT molecular complexity index is 1250. The number of carbonyl (C=O) groups is 1. The lowest BCUT2D eigenvalue weighted by atomic mass is 10.1. The van der Waals surface area contributed by atoms with E-state index in [1.165, 1.54) is 11.3 Å². The third-order valence-corrected chi connectivity index (χ3v) is 6.75. The molecule has 0 saturated carbocycles. The van der Waals surface area contributed by atoms with Crippen LogP contribution in [0.1, 0.15) is 26.4 Å². The van der Waals surface area contributed by atoms with Crippen LogP contribution in [0.4, 0.5) is 10.8 Å². The lowest BCUT2D eigenvalue weighted by molar-refractivity contribution is -0.385. The number of hydrogen-bond acceptors (Lipinski definition) is 7. The van der Waals surface area contributed by atoms with Crippen LogP contribution in [0.2, 0.25) is 5.02 Å². The number of non-ortho nitro benzene ring substituents is 1. The molecule has 1 aromatic heterocycles. The number of nitrogens with one attached hydrogen (secondary N) is 1. The minimum atomic E-state index is -3.74. The van der Waals surface area contributed by atoms with Crippen LogP contribution in [0.5, 0.6) is 0 Å². The van der Waals surface area contributed by atoms with E-state index < -0.39 is 26.4 Å². The Morgan fingerprint density at radius 1 is 1.30 bits per heavy atom. The Kier molecular flexibility index (Phi) is 6.20. The van der Waals surface area contributed by atoms with Crippen molar-refractivity contribution in [3.63, 3.8) is 0 Å². The zero-order chi connectivity index (χ0) is 22.1. The summed E-state index contributed by atoms with van der Waals surface area (Å²) in [6.45, 7) is 1.91. The maximum absolute atomic E-state index is 12.6. The first kappa shape index (κ1) is 21.9. The van der Waals surface area contributed by atoms with E-state index >= 15 is 0 Å². The second-order valence-corrected chi connectivity index (χ2v) is 10.1. The van der Waals surface area contributed by atoms with E-state index in [1.807, 2.05) is 25.1 Å². The average molecular weight is 466 g/mol. The molecule has 1 N–H and O–H groups in total. The SMILES string of the molecule is Cc1cccc(Cc2cnc(NC(=O)c3cc([N+](=O)[O-])cc(S(C)(=O)=O)c3)s2)c1Cl. The number of nitro groups is 1. The molecule has 0 bridgehead atoms. The molecule has 8 nitrogen and oxygen atoms in total. The fourth-order valence-electron chi connectivity index (χ4n) is 2.68. The summed E-state index contributed by atoms with van der Waals surface area (Å²) in [6, 6.07) is 8.75. The molecule has 0 aliphatic heterocycles. The maximum atomic E-state index is 12.6. The monoisotopic (exact) mass is 465 g/mol. The van der Waals surface area contributed by atoms with Crippen LogP contribution in [-0.2, 0) is 16.3 Å². The molecule has 0 fully saturated rings. The summed E-state index contributed by atoms with van der Waals surface area (Å²) in [5, 5.41) is 14.6. The molecule has 0 unspecified atom stereocenters. The average Bonchev–Trinajstić information content (AvgIpc) is 3.11. The number of nitro benzene ring substituents is 1. The molecule has 3 rings (SSSR count). The number of amides is 1. The predicted octanol–water partition coefficient (Wildman–Crippen LogP) is 4.26. The van der Waals surface area contributed by atoms with Gasteiger partial charge in [-0.05, 0) is 24.1 Å². The van der Waals surface area contributed by atoms with Gasteiger partial charge in [-0.3, -0.25) is 20.2 Å². The van der Waals surface area contributed by atoms with Crippen molar-refractivity contribution < 1.29 is 18.1 Å². The van der Waals surface area contributed by atoms with Crippen LogP contribution in [0.3, 0.4) is 0 Å². The van der Waals surface area contributed by atoms with Crippen molar-refractivity contribution >= 4 is 49.5 Å². The van der Waals surface area contributed by atoms with Crippen LogP contribution in [0.25, 0.3) is 0 Å². The smallest absolute Gasteiger partial charge is 0.271 e. The standard InChI is InChI=1S/C19H16ClN3O5S2/c1-11-4-3-5-12(17(11)20)7-15-10-21-19(29-15)22-18(24)13-6-14(23(25)26)9-16(8-13)30(2,27)28/h3-6,8-10H,7H2,1-2H3,(H,21,22,24). The highest BCUT2D eigenvalue weighted by molar-refractivity contribution is 7.90. The van der Waals surface area contributed by atoms with E-state index in [9.17, 15) is 23.3 Å². The number of thiazole rings is 1. The number of benzene rings is 2. The van der Waals surface area contributed by atoms with Crippen molar-refractivity contribution in [3.8, 4) is 0 Å². The van der Waals surface area contributed by atoms with Gasteiger partial charge in [-0.25, -0.2) is 13.4 Å². The number of hydrogen-bond donors (Lipinski definition) is 1. The van der Waals surface area contributed by atoms with Crippen molar-refractivity contribution in [2.75, 3.05) is 11.6 Å². The minimum absolute atomic E-state index is 0.150. The van der Waals surface area contributed by atoms with Crippen LogP contribution < -0.4 is 5.32 Å². The molecule has 0 radical (unpaired) electrons. The number of rotatable bonds is 6. The predicted molar refractivity (Wildman–Crippen MR) is 115 cm³/mol. The van der Waals surface area contributed by atoms with Gasteiger partial charge in [0.2, 0.25) is 0 Å². The molecule has 0 aliphatic rings. The second kappa shape index (κ2) is 8.50. The first-order valence-corrected chi connectivity index (χ1v) is 11.6. The van der Waals surface area contributed by atoms with E-state index in [1.54, 1.807) is 6.20 Å². The van der Waals surface area contributed by atoms with E-state index in [-0.39, 0.29) is 15.6 Å². The highest BCUT2D eigenvalue weighted by atomic mass is 35.5. The molecule has 0 spiro atoms. The van der Waals surface area contributed by atoms with Gasteiger partial charge >= 0.3 is 0 Å². The van der Waals surface area contributed by atoms with Crippen molar-refractivity contribution in [1.82, 2.24) is 4.98 Å². The van der Waals surface area contributed by atoms with Gasteiger partial charge in [0.15, 0.2) is 15.0 Å². The fourth-order valence-corrected chi connectivity index (χ4v) is 4.38. The first-order chi connectivity index (χ1) is 14.0. The number of anilines is 1. The van der Waals surface area contributed by atoms with Crippen LogP contribution in [0, 0.1) is 17.0 Å². The van der Waals surface area contributed by atoms with Gasteiger partial charge in [-0.1, -0.05) is 29.8 Å². The molecule has 0 aliphatic carbocycles. The molecule has 156 valence electrons. The summed E-state index contributed by atoms with van der Waals surface area (Å²) in [6.07, 6.45) is 3.05. The Morgan fingerprint density at radius 2 is 2.03 bits per heavy atom. The number of sulfone groups is 1. The summed E-state index contributed by atoms with van der Waals surface area (Å²) in [5.74, 6) is -0.696. The van der Waals surface area contributed by atoms with Gasteiger partial charge < -0.3 is 0 Å². The number of carbonyl (C=O) groups excluding carboxylic acids is 1. The molecule has 30 heavy (non-hydrogen) atoms. The third-order valence-electron chi connectivity index (χ3n) is 4.20. The number of nitrogens with zero attached hydrogens (tertiary/aromatic N) is 2. The summed E-state index contributed by atoms with van der Waals surface area (Å²) < 4.78 is 23.6. The van der Waals surface area contributed by atoms with Crippen molar-refractivity contribution in [1.29, 1.82) is 0 Å². The molecule has 11 heteroatoms. The molecular formula is C19H16ClN3O5S2. The molecule has 1 heterocycles. The van der Waals surface area contributed by atoms with Crippen molar-refractivity contribution in [2.45, 2.75) is 18.2 Å². The van der Waals surface area contributed by atoms with E-state index in [0.717, 1.165) is 40.5 Å². The maximum Gasteiger partial charge on any atom is 0.271 e. The first-order valence-electron chi connectivity index (χ1n) is 8.54. The van der Waals surface area contributed by atoms with Crippen LogP contribution in [0.15, 0.2) is 47.5 Å². The van der Waals surface area contributed by atoms with E-state index in [2.05, 4.69) is 10.3 Å². The lowest BCUT2D eigenvalue weighted by Gasteiger charge is -2.05. The molecule has 3 aromatic rings. The quantitative estimate of drug-likeness (QED) is 0.429. The number of halogens is 1. The normalized spacial score (nSPS) is 11.3. The van der Waals surface area contributed by atoms with Crippen LogP contribution >= 0.6 is 22.9 Å². The Balaban J connectivity index is 1.82. The van der Waals surface area contributed by atoms with Crippen molar-refractivity contribution in [2.24, 2.45) is 0 Å². The van der Waals surface area contributed by atoms with Gasteiger partial charge in [0, 0.05) is 46.5 Å². The number of aryl methyl sites for hydroxylation is 1. The van der Waals surface area contributed by atoms with Gasteiger partial charge in [-0.15, -0.1) is 11.3 Å². The Labute approximate surface area is 181 Å². The Hall–Kier alpha value is -2.82. The highest BCUT2D eigenvalue weighted by Gasteiger charge is 2.20. The van der Waals surface area contributed by atoms with Crippen molar-refractivity contribution in [3.05, 3.63) is 79.3 Å². The topological polar surface area (TPSA) is 119 Å². The molecule has 0 saturated heterocycles. The van der Waals surface area contributed by atoms with Gasteiger partial charge in [-0.2, -0.15) is 0 Å². The van der Waals surface area contributed by atoms with Gasteiger partial charge in [0.25, 0.3) is 11.6 Å². The summed E-state index contributed by atoms with van der Waals surface area (Å²) in [4.78, 5) is 27.6. The van der Waals surface area contributed by atoms with Gasteiger partial charge in [0.05, 0.1) is 9.82 Å². The number of aromatic nitrogens is 1.